The molecular weight excluding hydrogens is 372 g/mol. The summed E-state index contributed by atoms with van der Waals surface area (Å²) >= 11 is 3.40. The molecule has 1 N–H and O–H groups in total. The van der Waals surface area contributed by atoms with Gasteiger partial charge in [-0.3, -0.25) is 0 Å². The predicted octanol–water partition coefficient (Wildman–Crippen LogP) is 3.65. The normalized spacial score (nSPS) is 17.5. The summed E-state index contributed by atoms with van der Waals surface area (Å²) in [5, 5.41) is 10.0. The molecule has 0 amide bonds. The third-order valence-electron chi connectivity index (χ3n) is 4.15. The number of aliphatic hydroxyl groups is 1. The van der Waals surface area contributed by atoms with Crippen molar-refractivity contribution in [1.82, 2.24) is 0 Å². The van der Waals surface area contributed by atoms with Crippen molar-refractivity contribution in [3.05, 3.63) is 27.7 Å². The number of anilines is 1. The number of benzene rings is 1. The molecule has 0 aliphatic carbocycles. The highest BCUT2D eigenvalue weighted by atomic mass is 79.9. The number of aliphatic hydroxyl groups excluding tert-OH is 1. The van der Waals surface area contributed by atoms with Crippen LogP contribution >= 0.6 is 15.9 Å². The molecule has 1 heterocycles. The third-order valence-corrected chi connectivity index (χ3v) is 4.61. The number of hydrogen-bond acceptors (Lipinski definition) is 4. The van der Waals surface area contributed by atoms with Gasteiger partial charge in [-0.15, -0.1) is 0 Å². The zero-order valence-corrected chi connectivity index (χ0v) is 14.9. The van der Waals surface area contributed by atoms with E-state index in [1.54, 1.807) is 11.0 Å². The van der Waals surface area contributed by atoms with E-state index >= 15 is 0 Å². The van der Waals surface area contributed by atoms with Crippen LogP contribution in [-0.4, -0.2) is 44.4 Å². The summed E-state index contributed by atoms with van der Waals surface area (Å²) in [6.07, 6.45) is -2.11. The Labute approximate surface area is 143 Å². The minimum atomic E-state index is -2.44. The summed E-state index contributed by atoms with van der Waals surface area (Å²) in [5.74, 6) is 0. The van der Waals surface area contributed by atoms with Crippen LogP contribution in [-0.2, 0) is 9.47 Å². The minimum absolute atomic E-state index is 0.00159. The van der Waals surface area contributed by atoms with Crippen LogP contribution in [0.4, 0.5) is 14.5 Å². The summed E-state index contributed by atoms with van der Waals surface area (Å²) in [5.41, 5.74) is 2.01. The molecule has 0 saturated carbocycles. The minimum Gasteiger partial charge on any atom is -0.381 e. The standard InChI is InChI=1S/C16H22BrF2NO3/c1-10-13(16(21)22-2)7-11(17)8-14(10)20(9-15(18)19)12-3-5-23-6-4-12/h7-8,12,15-16,21H,3-6,9H2,1-2H3. The van der Waals surface area contributed by atoms with Gasteiger partial charge in [0.25, 0.3) is 6.43 Å². The van der Waals surface area contributed by atoms with Gasteiger partial charge in [0.1, 0.15) is 0 Å². The van der Waals surface area contributed by atoms with Gasteiger partial charge < -0.3 is 19.5 Å². The lowest BCUT2D eigenvalue weighted by Crippen LogP contribution is -2.42. The largest absolute Gasteiger partial charge is 0.381 e. The zero-order chi connectivity index (χ0) is 17.0. The second kappa shape index (κ2) is 8.37. The molecule has 0 aromatic heterocycles. The predicted molar refractivity (Wildman–Crippen MR) is 88.0 cm³/mol. The van der Waals surface area contributed by atoms with Gasteiger partial charge >= 0.3 is 0 Å². The fourth-order valence-electron chi connectivity index (χ4n) is 2.96. The van der Waals surface area contributed by atoms with Crippen molar-refractivity contribution in [2.24, 2.45) is 0 Å². The first kappa shape index (κ1) is 18.6. The van der Waals surface area contributed by atoms with Gasteiger partial charge in [-0.2, -0.15) is 0 Å². The number of nitrogens with zero attached hydrogens (tertiary/aromatic N) is 1. The Hall–Kier alpha value is -0.760. The molecule has 0 radical (unpaired) electrons. The Morgan fingerprint density at radius 2 is 2.04 bits per heavy atom. The van der Waals surface area contributed by atoms with E-state index in [0.717, 1.165) is 10.0 Å². The number of ether oxygens (including phenoxy) is 2. The van der Waals surface area contributed by atoms with Gasteiger partial charge in [0, 0.05) is 42.1 Å². The molecule has 23 heavy (non-hydrogen) atoms. The van der Waals surface area contributed by atoms with Crippen molar-refractivity contribution < 1.29 is 23.4 Å². The SMILES string of the molecule is COC(O)c1cc(Br)cc(N(CC(F)F)C2CCOCC2)c1C. The highest BCUT2D eigenvalue weighted by molar-refractivity contribution is 9.10. The Balaban J connectivity index is 2.42. The van der Waals surface area contributed by atoms with Crippen LogP contribution in [0.5, 0.6) is 0 Å². The number of hydrogen-bond donors (Lipinski definition) is 1. The summed E-state index contributed by atoms with van der Waals surface area (Å²) in [7, 11) is 1.40. The fraction of sp³-hybridized carbons (Fsp3) is 0.625. The number of alkyl halides is 2. The van der Waals surface area contributed by atoms with Crippen LogP contribution in [0.15, 0.2) is 16.6 Å². The number of methoxy groups -OCH3 is 1. The topological polar surface area (TPSA) is 41.9 Å². The van der Waals surface area contributed by atoms with Gasteiger partial charge in [-0.25, -0.2) is 8.78 Å². The van der Waals surface area contributed by atoms with E-state index in [1.165, 1.54) is 7.11 Å². The fourth-order valence-corrected chi connectivity index (χ4v) is 3.42. The summed E-state index contributed by atoms with van der Waals surface area (Å²) in [6, 6.07) is 3.56. The van der Waals surface area contributed by atoms with E-state index in [0.29, 0.717) is 37.3 Å². The first-order valence-corrected chi connectivity index (χ1v) is 8.36. The molecule has 1 aromatic carbocycles. The second-order valence-electron chi connectivity index (χ2n) is 5.61. The lowest BCUT2D eigenvalue weighted by molar-refractivity contribution is -0.0773. The summed E-state index contributed by atoms with van der Waals surface area (Å²) in [4.78, 5) is 1.74. The monoisotopic (exact) mass is 393 g/mol. The first-order chi connectivity index (χ1) is 10.9. The lowest BCUT2D eigenvalue weighted by atomic mass is 10.0. The molecule has 1 saturated heterocycles. The van der Waals surface area contributed by atoms with Crippen LogP contribution in [0.1, 0.15) is 30.3 Å². The average Bonchev–Trinajstić information content (AvgIpc) is 2.54. The zero-order valence-electron chi connectivity index (χ0n) is 13.3. The molecule has 1 unspecified atom stereocenters. The van der Waals surface area contributed by atoms with E-state index in [-0.39, 0.29) is 12.6 Å². The van der Waals surface area contributed by atoms with E-state index in [2.05, 4.69) is 15.9 Å². The average molecular weight is 394 g/mol. The van der Waals surface area contributed by atoms with Crippen LogP contribution in [0.2, 0.25) is 0 Å². The van der Waals surface area contributed by atoms with Gasteiger partial charge in [0.05, 0.1) is 6.54 Å². The van der Waals surface area contributed by atoms with E-state index < -0.39 is 12.7 Å². The molecule has 7 heteroatoms. The van der Waals surface area contributed by atoms with Crippen molar-refractivity contribution in [3.8, 4) is 0 Å². The Morgan fingerprint density at radius 1 is 1.39 bits per heavy atom. The maximum absolute atomic E-state index is 13.1. The molecule has 2 rings (SSSR count). The van der Waals surface area contributed by atoms with E-state index in [9.17, 15) is 13.9 Å². The van der Waals surface area contributed by atoms with Crippen molar-refractivity contribution >= 4 is 21.6 Å². The first-order valence-electron chi connectivity index (χ1n) is 7.57. The van der Waals surface area contributed by atoms with Crippen molar-refractivity contribution in [2.45, 2.75) is 38.5 Å². The van der Waals surface area contributed by atoms with Gasteiger partial charge in [0.15, 0.2) is 6.29 Å². The Morgan fingerprint density at radius 3 is 2.61 bits per heavy atom. The van der Waals surface area contributed by atoms with E-state index in [1.807, 2.05) is 13.0 Å². The maximum atomic E-state index is 13.1. The van der Waals surface area contributed by atoms with E-state index in [4.69, 9.17) is 9.47 Å². The molecule has 0 bridgehead atoms. The van der Waals surface area contributed by atoms with Gasteiger partial charge in [0.2, 0.25) is 0 Å². The van der Waals surface area contributed by atoms with Crippen LogP contribution < -0.4 is 4.90 Å². The highest BCUT2D eigenvalue weighted by Crippen LogP contribution is 2.34. The smallest absolute Gasteiger partial charge is 0.255 e. The summed E-state index contributed by atoms with van der Waals surface area (Å²) < 4.78 is 37.3. The second-order valence-corrected chi connectivity index (χ2v) is 6.53. The van der Waals surface area contributed by atoms with Crippen molar-refractivity contribution in [3.63, 3.8) is 0 Å². The molecule has 1 aromatic rings. The van der Waals surface area contributed by atoms with Gasteiger partial charge in [-0.1, -0.05) is 15.9 Å². The Kier molecular flexibility index (Phi) is 6.76. The van der Waals surface area contributed by atoms with Crippen LogP contribution in [0.25, 0.3) is 0 Å². The molecule has 1 atom stereocenters. The van der Waals surface area contributed by atoms with Gasteiger partial charge in [-0.05, 0) is 37.5 Å². The summed E-state index contributed by atoms with van der Waals surface area (Å²) in [6.45, 7) is 2.62. The van der Waals surface area contributed by atoms with Crippen molar-refractivity contribution in [1.29, 1.82) is 0 Å². The maximum Gasteiger partial charge on any atom is 0.255 e. The molecule has 0 spiro atoms. The number of halogens is 3. The molecule has 4 nitrogen and oxygen atoms in total. The molecule has 1 fully saturated rings. The number of rotatable bonds is 6. The lowest BCUT2D eigenvalue weighted by Gasteiger charge is -2.37. The molecule has 1 aliphatic rings. The van der Waals surface area contributed by atoms with Crippen LogP contribution in [0, 0.1) is 6.92 Å². The molecule has 130 valence electrons. The van der Waals surface area contributed by atoms with Crippen LogP contribution in [0.3, 0.4) is 0 Å². The Bertz CT molecular complexity index is 524. The highest BCUT2D eigenvalue weighted by Gasteiger charge is 2.27. The third kappa shape index (κ3) is 4.62. The van der Waals surface area contributed by atoms with Crippen molar-refractivity contribution in [2.75, 3.05) is 31.8 Å². The molecular formula is C16H22BrF2NO3. The molecule has 1 aliphatic heterocycles. The quantitative estimate of drug-likeness (QED) is 0.749.